The van der Waals surface area contributed by atoms with Gasteiger partial charge in [0, 0.05) is 26.2 Å². The Morgan fingerprint density at radius 2 is 2.13 bits per heavy atom. The fraction of sp³-hybridized carbons (Fsp3) is 0.467. The highest BCUT2D eigenvalue weighted by atomic mass is 16.6. The molecule has 1 heterocycles. The van der Waals surface area contributed by atoms with Gasteiger partial charge in [0.1, 0.15) is 5.69 Å². The van der Waals surface area contributed by atoms with Crippen molar-refractivity contribution in [3.8, 4) is 0 Å². The maximum absolute atomic E-state index is 12.4. The average molecular weight is 321 g/mol. The predicted molar refractivity (Wildman–Crippen MR) is 83.3 cm³/mol. The van der Waals surface area contributed by atoms with E-state index >= 15 is 0 Å². The second-order valence-electron chi connectivity index (χ2n) is 5.62. The zero-order valence-electron chi connectivity index (χ0n) is 12.8. The third-order valence-electron chi connectivity index (χ3n) is 3.99. The Hall–Kier alpha value is -2.64. The van der Waals surface area contributed by atoms with E-state index in [1.807, 2.05) is 0 Å². The number of carboxylic acids is 1. The minimum atomic E-state index is -0.894. The SMILES string of the molecule is CN(CC(=O)N1CCCC(C(=O)O)C1)c1ccccc1[N+](=O)[O-]. The zero-order chi connectivity index (χ0) is 17.0. The van der Waals surface area contributed by atoms with Crippen LogP contribution in [0.2, 0.25) is 0 Å². The van der Waals surface area contributed by atoms with Gasteiger partial charge < -0.3 is 14.9 Å². The van der Waals surface area contributed by atoms with Gasteiger partial charge in [-0.1, -0.05) is 12.1 Å². The van der Waals surface area contributed by atoms with Gasteiger partial charge in [0.15, 0.2) is 0 Å². The van der Waals surface area contributed by atoms with Crippen LogP contribution in [0.15, 0.2) is 24.3 Å². The van der Waals surface area contributed by atoms with E-state index in [9.17, 15) is 19.7 Å². The number of benzene rings is 1. The van der Waals surface area contributed by atoms with Gasteiger partial charge in [0.2, 0.25) is 5.91 Å². The van der Waals surface area contributed by atoms with Crippen LogP contribution in [0.25, 0.3) is 0 Å². The first-order valence-electron chi connectivity index (χ1n) is 7.35. The maximum Gasteiger partial charge on any atom is 0.308 e. The molecule has 2 rings (SSSR count). The molecule has 0 radical (unpaired) electrons. The molecular formula is C15H19N3O5. The van der Waals surface area contributed by atoms with E-state index in [2.05, 4.69) is 0 Å². The van der Waals surface area contributed by atoms with Crippen LogP contribution in [0.3, 0.4) is 0 Å². The molecule has 1 N–H and O–H groups in total. The van der Waals surface area contributed by atoms with Gasteiger partial charge in [-0.3, -0.25) is 19.7 Å². The summed E-state index contributed by atoms with van der Waals surface area (Å²) in [5.74, 6) is -1.66. The number of para-hydroxylation sites is 2. The quantitative estimate of drug-likeness (QED) is 0.648. The topological polar surface area (TPSA) is 104 Å². The van der Waals surface area contributed by atoms with E-state index in [0.717, 1.165) is 0 Å². The Bertz CT molecular complexity index is 619. The molecule has 1 saturated heterocycles. The first-order chi connectivity index (χ1) is 10.9. The van der Waals surface area contributed by atoms with E-state index in [1.165, 1.54) is 15.9 Å². The molecule has 0 aliphatic carbocycles. The molecule has 0 aromatic heterocycles. The number of amides is 1. The fourth-order valence-corrected chi connectivity index (χ4v) is 2.73. The summed E-state index contributed by atoms with van der Waals surface area (Å²) in [5.41, 5.74) is 0.294. The Labute approximate surface area is 133 Å². The lowest BCUT2D eigenvalue weighted by atomic mass is 9.98. The molecule has 1 atom stereocenters. The largest absolute Gasteiger partial charge is 0.481 e. The summed E-state index contributed by atoms with van der Waals surface area (Å²) in [7, 11) is 1.61. The number of rotatable bonds is 5. The minimum absolute atomic E-state index is 0.0306. The number of nitrogens with zero attached hydrogens (tertiary/aromatic N) is 3. The number of carbonyl (C=O) groups is 2. The van der Waals surface area contributed by atoms with Crippen molar-refractivity contribution in [2.75, 3.05) is 31.6 Å². The van der Waals surface area contributed by atoms with Gasteiger partial charge >= 0.3 is 5.97 Å². The molecule has 1 aliphatic heterocycles. The number of hydrogen-bond acceptors (Lipinski definition) is 5. The molecule has 8 heteroatoms. The highest BCUT2D eigenvalue weighted by Crippen LogP contribution is 2.26. The molecule has 8 nitrogen and oxygen atoms in total. The van der Waals surface area contributed by atoms with Crippen molar-refractivity contribution in [2.45, 2.75) is 12.8 Å². The number of carboxylic acid groups (broad SMARTS) is 1. The van der Waals surface area contributed by atoms with Crippen LogP contribution in [-0.4, -0.2) is 53.5 Å². The predicted octanol–water partition coefficient (Wildman–Crippen LogP) is 1.35. The van der Waals surface area contributed by atoms with Gasteiger partial charge in [-0.15, -0.1) is 0 Å². The van der Waals surface area contributed by atoms with E-state index < -0.39 is 16.8 Å². The van der Waals surface area contributed by atoms with Gasteiger partial charge in [0.25, 0.3) is 5.69 Å². The van der Waals surface area contributed by atoms with Crippen LogP contribution in [0.4, 0.5) is 11.4 Å². The number of piperidine rings is 1. The van der Waals surface area contributed by atoms with Crippen molar-refractivity contribution >= 4 is 23.3 Å². The molecule has 124 valence electrons. The summed E-state index contributed by atoms with van der Waals surface area (Å²) < 4.78 is 0. The van der Waals surface area contributed by atoms with Crippen LogP contribution in [-0.2, 0) is 9.59 Å². The zero-order valence-corrected chi connectivity index (χ0v) is 12.8. The first kappa shape index (κ1) is 16.7. The molecule has 1 amide bonds. The summed E-state index contributed by atoms with van der Waals surface area (Å²) in [5, 5.41) is 20.1. The lowest BCUT2D eigenvalue weighted by Crippen LogP contribution is -2.46. The molecule has 1 aromatic carbocycles. The standard InChI is InChI=1S/C15H19N3O5/c1-16(12-6-2-3-7-13(12)18(22)23)10-14(19)17-8-4-5-11(9-17)15(20)21/h2-3,6-7,11H,4-5,8-10H2,1H3,(H,20,21). The maximum atomic E-state index is 12.4. The van der Waals surface area contributed by atoms with E-state index in [-0.39, 0.29) is 24.7 Å². The third-order valence-corrected chi connectivity index (χ3v) is 3.99. The molecule has 0 spiro atoms. The van der Waals surface area contributed by atoms with Gasteiger partial charge in [-0.25, -0.2) is 0 Å². The summed E-state index contributed by atoms with van der Waals surface area (Å²) in [6.07, 6.45) is 1.22. The van der Waals surface area contributed by atoms with Crippen molar-refractivity contribution in [3.05, 3.63) is 34.4 Å². The Morgan fingerprint density at radius 3 is 2.78 bits per heavy atom. The number of hydrogen-bond donors (Lipinski definition) is 1. The monoisotopic (exact) mass is 321 g/mol. The number of anilines is 1. The Kier molecular flexibility index (Phi) is 5.15. The average Bonchev–Trinajstić information content (AvgIpc) is 2.54. The van der Waals surface area contributed by atoms with Crippen LogP contribution in [0.5, 0.6) is 0 Å². The Balaban J connectivity index is 2.05. The highest BCUT2D eigenvalue weighted by Gasteiger charge is 2.29. The number of likely N-dealkylation sites (N-methyl/N-ethyl adjacent to an activating group) is 1. The summed E-state index contributed by atoms with van der Waals surface area (Å²) in [6.45, 7) is 0.684. The summed E-state index contributed by atoms with van der Waals surface area (Å²) in [4.78, 5) is 37.0. The fourth-order valence-electron chi connectivity index (χ4n) is 2.73. The molecule has 1 unspecified atom stereocenters. The van der Waals surface area contributed by atoms with Gasteiger partial charge in [-0.05, 0) is 18.9 Å². The second kappa shape index (κ2) is 7.08. The number of likely N-dealkylation sites (tertiary alicyclic amines) is 1. The smallest absolute Gasteiger partial charge is 0.308 e. The van der Waals surface area contributed by atoms with Crippen molar-refractivity contribution in [1.29, 1.82) is 0 Å². The van der Waals surface area contributed by atoms with Crippen molar-refractivity contribution in [1.82, 2.24) is 4.90 Å². The van der Waals surface area contributed by atoms with Crippen LogP contribution >= 0.6 is 0 Å². The minimum Gasteiger partial charge on any atom is -0.481 e. The highest BCUT2D eigenvalue weighted by molar-refractivity contribution is 5.83. The molecule has 0 bridgehead atoms. The van der Waals surface area contributed by atoms with E-state index in [4.69, 9.17) is 5.11 Å². The van der Waals surface area contributed by atoms with Gasteiger partial charge in [-0.2, -0.15) is 0 Å². The van der Waals surface area contributed by atoms with Crippen molar-refractivity contribution in [2.24, 2.45) is 5.92 Å². The third kappa shape index (κ3) is 3.97. The normalized spacial score (nSPS) is 17.6. The molecule has 1 aromatic rings. The van der Waals surface area contributed by atoms with Gasteiger partial charge in [0.05, 0.1) is 17.4 Å². The molecule has 1 fully saturated rings. The number of nitro benzene ring substituents is 1. The van der Waals surface area contributed by atoms with E-state index in [0.29, 0.717) is 25.1 Å². The molecular weight excluding hydrogens is 302 g/mol. The molecule has 23 heavy (non-hydrogen) atoms. The molecule has 1 aliphatic rings. The summed E-state index contributed by atoms with van der Waals surface area (Å²) in [6, 6.07) is 6.21. The number of aliphatic carboxylic acids is 1. The molecule has 0 saturated carbocycles. The first-order valence-corrected chi connectivity index (χ1v) is 7.35. The number of carbonyl (C=O) groups excluding carboxylic acids is 1. The van der Waals surface area contributed by atoms with Crippen molar-refractivity contribution < 1.29 is 19.6 Å². The Morgan fingerprint density at radius 1 is 1.43 bits per heavy atom. The summed E-state index contributed by atoms with van der Waals surface area (Å²) >= 11 is 0. The second-order valence-corrected chi connectivity index (χ2v) is 5.62. The van der Waals surface area contributed by atoms with Crippen LogP contribution < -0.4 is 4.90 Å². The van der Waals surface area contributed by atoms with E-state index in [1.54, 1.807) is 25.2 Å². The number of nitro groups is 1. The lowest BCUT2D eigenvalue weighted by Gasteiger charge is -2.32. The van der Waals surface area contributed by atoms with Crippen LogP contribution in [0, 0.1) is 16.0 Å². The van der Waals surface area contributed by atoms with Crippen molar-refractivity contribution in [3.63, 3.8) is 0 Å². The lowest BCUT2D eigenvalue weighted by molar-refractivity contribution is -0.384. The van der Waals surface area contributed by atoms with Crippen LogP contribution in [0.1, 0.15) is 12.8 Å².